The second-order valence-electron chi connectivity index (χ2n) is 4.30. The minimum atomic E-state index is 0.409. The third-order valence-corrected chi connectivity index (χ3v) is 3.71. The van der Waals surface area contributed by atoms with Gasteiger partial charge in [0.05, 0.1) is 0 Å². The lowest BCUT2D eigenvalue weighted by atomic mass is 10.0. The lowest BCUT2D eigenvalue weighted by molar-refractivity contribution is 0.416. The van der Waals surface area contributed by atoms with Crippen LogP contribution in [-0.4, -0.2) is 6.04 Å². The molecule has 0 heterocycles. The van der Waals surface area contributed by atoms with Gasteiger partial charge in [-0.25, -0.2) is 0 Å². The van der Waals surface area contributed by atoms with Crippen molar-refractivity contribution in [1.29, 1.82) is 0 Å². The largest absolute Gasteiger partial charge is 0.307 e. The molecule has 1 aromatic rings. The Morgan fingerprint density at radius 3 is 2.50 bits per heavy atom. The summed E-state index contributed by atoms with van der Waals surface area (Å²) in [4.78, 5) is 0. The van der Waals surface area contributed by atoms with Gasteiger partial charge in [-0.1, -0.05) is 54.4 Å². The Morgan fingerprint density at radius 2 is 1.94 bits per heavy atom. The standard InChI is InChI=1S/C14H22BrN/c1-4-8-12(5-2)16-11(3)13-9-6-7-10-14(13)15/h6-7,9-12,16H,4-5,8H2,1-3H3/t11-,12?/m0/s1. The first kappa shape index (κ1) is 13.7. The summed E-state index contributed by atoms with van der Waals surface area (Å²) < 4.78 is 1.20. The number of rotatable bonds is 6. The molecular weight excluding hydrogens is 262 g/mol. The van der Waals surface area contributed by atoms with E-state index in [-0.39, 0.29) is 0 Å². The van der Waals surface area contributed by atoms with Gasteiger partial charge in [-0.15, -0.1) is 0 Å². The molecule has 1 unspecified atom stereocenters. The predicted molar refractivity (Wildman–Crippen MR) is 74.7 cm³/mol. The second-order valence-corrected chi connectivity index (χ2v) is 5.16. The highest BCUT2D eigenvalue weighted by Crippen LogP contribution is 2.23. The molecule has 0 amide bonds. The van der Waals surface area contributed by atoms with Crippen molar-refractivity contribution in [3.05, 3.63) is 34.3 Å². The summed E-state index contributed by atoms with van der Waals surface area (Å²) >= 11 is 3.61. The number of halogens is 1. The molecule has 0 saturated carbocycles. The second kappa shape index (κ2) is 7.08. The molecule has 0 spiro atoms. The zero-order valence-electron chi connectivity index (χ0n) is 10.5. The van der Waals surface area contributed by atoms with E-state index in [4.69, 9.17) is 0 Å². The highest BCUT2D eigenvalue weighted by molar-refractivity contribution is 9.10. The molecule has 1 N–H and O–H groups in total. The number of hydrogen-bond donors (Lipinski definition) is 1. The minimum absolute atomic E-state index is 0.409. The first-order valence-corrected chi connectivity index (χ1v) is 6.98. The van der Waals surface area contributed by atoms with E-state index in [2.05, 4.69) is 66.3 Å². The highest BCUT2D eigenvalue weighted by Gasteiger charge is 2.12. The van der Waals surface area contributed by atoms with E-state index in [1.54, 1.807) is 0 Å². The number of nitrogens with one attached hydrogen (secondary N) is 1. The average Bonchev–Trinajstić information content (AvgIpc) is 2.28. The molecule has 0 saturated heterocycles. The maximum Gasteiger partial charge on any atom is 0.0305 e. The van der Waals surface area contributed by atoms with Crippen LogP contribution in [-0.2, 0) is 0 Å². The van der Waals surface area contributed by atoms with Crippen molar-refractivity contribution >= 4 is 15.9 Å². The van der Waals surface area contributed by atoms with E-state index in [1.807, 2.05) is 0 Å². The van der Waals surface area contributed by atoms with Gasteiger partial charge in [-0.2, -0.15) is 0 Å². The molecule has 0 aromatic heterocycles. The van der Waals surface area contributed by atoms with E-state index in [0.717, 1.165) is 0 Å². The highest BCUT2D eigenvalue weighted by atomic mass is 79.9. The summed E-state index contributed by atoms with van der Waals surface area (Å²) in [6, 6.07) is 9.48. The summed E-state index contributed by atoms with van der Waals surface area (Å²) in [5.74, 6) is 0. The summed E-state index contributed by atoms with van der Waals surface area (Å²) in [5, 5.41) is 3.69. The number of hydrogen-bond acceptors (Lipinski definition) is 1. The third-order valence-electron chi connectivity index (χ3n) is 2.99. The smallest absolute Gasteiger partial charge is 0.0305 e. The van der Waals surface area contributed by atoms with Crippen LogP contribution >= 0.6 is 15.9 Å². The first-order chi connectivity index (χ1) is 7.69. The fraction of sp³-hybridized carbons (Fsp3) is 0.571. The molecule has 0 aliphatic carbocycles. The maximum absolute atomic E-state index is 3.69. The molecule has 1 nitrogen and oxygen atoms in total. The van der Waals surface area contributed by atoms with Gasteiger partial charge in [-0.3, -0.25) is 0 Å². The summed E-state index contributed by atoms with van der Waals surface area (Å²) in [7, 11) is 0. The fourth-order valence-corrected chi connectivity index (χ4v) is 2.65. The van der Waals surface area contributed by atoms with Crippen LogP contribution in [0.5, 0.6) is 0 Å². The molecular formula is C14H22BrN. The minimum Gasteiger partial charge on any atom is -0.307 e. The number of benzene rings is 1. The molecule has 2 heteroatoms. The Kier molecular flexibility index (Phi) is 6.07. The van der Waals surface area contributed by atoms with Crippen LogP contribution in [0, 0.1) is 0 Å². The molecule has 1 rings (SSSR count). The van der Waals surface area contributed by atoms with Crippen molar-refractivity contribution in [2.24, 2.45) is 0 Å². The monoisotopic (exact) mass is 283 g/mol. The molecule has 0 fully saturated rings. The van der Waals surface area contributed by atoms with E-state index in [1.165, 1.54) is 29.3 Å². The van der Waals surface area contributed by atoms with Crippen LogP contribution in [0.15, 0.2) is 28.7 Å². The molecule has 2 atom stereocenters. The van der Waals surface area contributed by atoms with Gasteiger partial charge in [0.15, 0.2) is 0 Å². The van der Waals surface area contributed by atoms with Gasteiger partial charge in [-0.05, 0) is 31.4 Å². The quantitative estimate of drug-likeness (QED) is 0.800. The molecule has 0 radical (unpaired) electrons. The maximum atomic E-state index is 3.69. The molecule has 1 aromatic carbocycles. The normalized spacial score (nSPS) is 14.8. The van der Waals surface area contributed by atoms with E-state index in [9.17, 15) is 0 Å². The summed E-state index contributed by atoms with van der Waals surface area (Å²) in [5.41, 5.74) is 1.34. The van der Waals surface area contributed by atoms with E-state index in [0.29, 0.717) is 12.1 Å². The Labute approximate surface area is 108 Å². The molecule has 0 bridgehead atoms. The lowest BCUT2D eigenvalue weighted by Gasteiger charge is -2.23. The Balaban J connectivity index is 2.64. The van der Waals surface area contributed by atoms with E-state index >= 15 is 0 Å². The van der Waals surface area contributed by atoms with Crippen molar-refractivity contribution in [2.45, 2.75) is 52.1 Å². The fourth-order valence-electron chi connectivity index (χ4n) is 2.02. The zero-order chi connectivity index (χ0) is 12.0. The van der Waals surface area contributed by atoms with Gasteiger partial charge in [0.1, 0.15) is 0 Å². The third kappa shape index (κ3) is 3.91. The van der Waals surface area contributed by atoms with Crippen molar-refractivity contribution in [3.63, 3.8) is 0 Å². The van der Waals surface area contributed by atoms with Crippen molar-refractivity contribution < 1.29 is 0 Å². The molecule has 90 valence electrons. The van der Waals surface area contributed by atoms with Crippen molar-refractivity contribution in [1.82, 2.24) is 5.32 Å². The molecule has 0 aliphatic heterocycles. The summed E-state index contributed by atoms with van der Waals surface area (Å²) in [6.07, 6.45) is 3.70. The summed E-state index contributed by atoms with van der Waals surface area (Å²) in [6.45, 7) is 6.73. The van der Waals surface area contributed by atoms with Gasteiger partial charge < -0.3 is 5.32 Å². The van der Waals surface area contributed by atoms with Crippen LogP contribution in [0.2, 0.25) is 0 Å². The lowest BCUT2D eigenvalue weighted by Crippen LogP contribution is -2.31. The van der Waals surface area contributed by atoms with Gasteiger partial charge >= 0.3 is 0 Å². The first-order valence-electron chi connectivity index (χ1n) is 6.19. The van der Waals surface area contributed by atoms with Crippen LogP contribution in [0.25, 0.3) is 0 Å². The zero-order valence-corrected chi connectivity index (χ0v) is 12.0. The topological polar surface area (TPSA) is 12.0 Å². The van der Waals surface area contributed by atoms with Crippen LogP contribution in [0.1, 0.15) is 51.6 Å². The average molecular weight is 284 g/mol. The predicted octanol–water partition coefficient (Wildman–Crippen LogP) is 4.68. The van der Waals surface area contributed by atoms with Gasteiger partial charge in [0, 0.05) is 16.6 Å². The Morgan fingerprint density at radius 1 is 1.25 bits per heavy atom. The Hall–Kier alpha value is -0.340. The van der Waals surface area contributed by atoms with Gasteiger partial charge in [0.25, 0.3) is 0 Å². The van der Waals surface area contributed by atoms with Crippen LogP contribution < -0.4 is 5.32 Å². The van der Waals surface area contributed by atoms with E-state index < -0.39 is 0 Å². The molecule has 16 heavy (non-hydrogen) atoms. The SMILES string of the molecule is CCCC(CC)N[C@@H](C)c1ccccc1Br. The van der Waals surface area contributed by atoms with Crippen LogP contribution in [0.3, 0.4) is 0 Å². The van der Waals surface area contributed by atoms with Crippen molar-refractivity contribution in [3.8, 4) is 0 Å². The van der Waals surface area contributed by atoms with Gasteiger partial charge in [0.2, 0.25) is 0 Å². The van der Waals surface area contributed by atoms with Crippen molar-refractivity contribution in [2.75, 3.05) is 0 Å². The molecule has 0 aliphatic rings. The Bertz CT molecular complexity index is 311. The van der Waals surface area contributed by atoms with Crippen LogP contribution in [0.4, 0.5) is 0 Å².